The van der Waals surface area contributed by atoms with Crippen LogP contribution >= 0.6 is 0 Å². The van der Waals surface area contributed by atoms with E-state index in [0.29, 0.717) is 5.92 Å². The van der Waals surface area contributed by atoms with Crippen LogP contribution in [0.25, 0.3) is 0 Å². The van der Waals surface area contributed by atoms with Gasteiger partial charge in [0.1, 0.15) is 5.75 Å². The number of benzene rings is 1. The van der Waals surface area contributed by atoms with Crippen LogP contribution in [-0.4, -0.2) is 58.3 Å². The van der Waals surface area contributed by atoms with E-state index in [1.54, 1.807) is 7.11 Å². The zero-order valence-electron chi connectivity index (χ0n) is 12.9. The van der Waals surface area contributed by atoms with E-state index in [2.05, 4.69) is 34.2 Å². The summed E-state index contributed by atoms with van der Waals surface area (Å²) in [5.41, 5.74) is 1.22. The number of hydrogen-bond donors (Lipinski definition) is 1. The molecule has 4 heteroatoms. The highest BCUT2D eigenvalue weighted by Crippen LogP contribution is 2.28. The van der Waals surface area contributed by atoms with E-state index in [4.69, 9.17) is 4.74 Å². The number of anilines is 1. The first kappa shape index (κ1) is 15.1. The zero-order valence-corrected chi connectivity index (χ0v) is 12.9. The minimum Gasteiger partial charge on any atom is -0.495 e. The van der Waals surface area contributed by atoms with E-state index in [-0.39, 0.29) is 0 Å². The normalized spacial score (nSPS) is 18.1. The fraction of sp³-hybridized carbons (Fsp3) is 0.625. The van der Waals surface area contributed by atoms with Crippen LogP contribution in [0.15, 0.2) is 24.3 Å². The molecule has 0 aliphatic carbocycles. The standard InChI is InChI=1S/C16H27N3O/c1-14(12-17-2)13-18-8-10-19(11-9-18)15-6-4-5-7-16(15)20-3/h4-7,14,17H,8-13H2,1-3H3. The van der Waals surface area contributed by atoms with Crippen molar-refractivity contribution in [2.24, 2.45) is 5.92 Å². The van der Waals surface area contributed by atoms with Gasteiger partial charge < -0.3 is 15.0 Å². The summed E-state index contributed by atoms with van der Waals surface area (Å²) in [5.74, 6) is 1.68. The van der Waals surface area contributed by atoms with Gasteiger partial charge >= 0.3 is 0 Å². The molecule has 1 heterocycles. The Labute approximate surface area is 122 Å². The summed E-state index contributed by atoms with van der Waals surface area (Å²) in [6, 6.07) is 8.30. The average molecular weight is 277 g/mol. The topological polar surface area (TPSA) is 27.7 Å². The van der Waals surface area contributed by atoms with Gasteiger partial charge in [0.2, 0.25) is 0 Å². The molecule has 1 saturated heterocycles. The van der Waals surface area contributed by atoms with E-state index in [1.165, 1.54) is 12.2 Å². The maximum Gasteiger partial charge on any atom is 0.142 e. The van der Waals surface area contributed by atoms with Crippen LogP contribution in [0.1, 0.15) is 6.92 Å². The average Bonchev–Trinajstić information content (AvgIpc) is 2.48. The van der Waals surface area contributed by atoms with E-state index in [9.17, 15) is 0 Å². The first-order valence-corrected chi connectivity index (χ1v) is 7.49. The molecule has 20 heavy (non-hydrogen) atoms. The van der Waals surface area contributed by atoms with Crippen LogP contribution in [0.2, 0.25) is 0 Å². The van der Waals surface area contributed by atoms with Crippen LogP contribution in [0.5, 0.6) is 5.75 Å². The third-order valence-corrected chi connectivity index (χ3v) is 3.92. The molecule has 0 bridgehead atoms. The molecule has 1 aromatic carbocycles. The second kappa shape index (κ2) is 7.50. The van der Waals surface area contributed by atoms with E-state index in [0.717, 1.165) is 38.5 Å². The smallest absolute Gasteiger partial charge is 0.142 e. The van der Waals surface area contributed by atoms with Gasteiger partial charge in [-0.1, -0.05) is 19.1 Å². The van der Waals surface area contributed by atoms with E-state index < -0.39 is 0 Å². The molecular weight excluding hydrogens is 250 g/mol. The van der Waals surface area contributed by atoms with Gasteiger partial charge in [0.05, 0.1) is 12.8 Å². The molecule has 1 aliphatic rings. The van der Waals surface area contributed by atoms with Gasteiger partial charge in [0, 0.05) is 32.7 Å². The van der Waals surface area contributed by atoms with Crippen molar-refractivity contribution in [2.45, 2.75) is 6.92 Å². The van der Waals surface area contributed by atoms with Crippen molar-refractivity contribution < 1.29 is 4.74 Å². The Morgan fingerprint density at radius 1 is 1.20 bits per heavy atom. The lowest BCUT2D eigenvalue weighted by molar-refractivity contribution is 0.223. The SMILES string of the molecule is CNCC(C)CN1CCN(c2ccccc2OC)CC1. The summed E-state index contributed by atoms with van der Waals surface area (Å²) in [5, 5.41) is 3.25. The summed E-state index contributed by atoms with van der Waals surface area (Å²) in [6.07, 6.45) is 0. The van der Waals surface area contributed by atoms with Gasteiger partial charge in [0.15, 0.2) is 0 Å². The van der Waals surface area contributed by atoms with Gasteiger partial charge in [-0.25, -0.2) is 0 Å². The lowest BCUT2D eigenvalue weighted by Gasteiger charge is -2.37. The van der Waals surface area contributed by atoms with Crippen molar-refractivity contribution >= 4 is 5.69 Å². The number of methoxy groups -OCH3 is 1. The molecule has 1 aromatic rings. The fourth-order valence-electron chi connectivity index (χ4n) is 2.92. The van der Waals surface area contributed by atoms with Crippen molar-refractivity contribution in [3.8, 4) is 5.75 Å². The van der Waals surface area contributed by atoms with Crippen molar-refractivity contribution in [3.05, 3.63) is 24.3 Å². The van der Waals surface area contributed by atoms with Crippen molar-refractivity contribution in [2.75, 3.05) is 58.3 Å². The minimum absolute atomic E-state index is 0.706. The number of rotatable bonds is 6. The Balaban J connectivity index is 1.88. The quantitative estimate of drug-likeness (QED) is 0.856. The van der Waals surface area contributed by atoms with Gasteiger partial charge in [-0.2, -0.15) is 0 Å². The predicted octanol–water partition coefficient (Wildman–Crippen LogP) is 1.67. The lowest BCUT2D eigenvalue weighted by atomic mass is 10.1. The molecule has 0 amide bonds. The summed E-state index contributed by atoms with van der Waals surface area (Å²) in [7, 11) is 3.77. The molecule has 112 valence electrons. The summed E-state index contributed by atoms with van der Waals surface area (Å²) in [6.45, 7) is 8.99. The number of ether oxygens (including phenoxy) is 1. The third-order valence-electron chi connectivity index (χ3n) is 3.92. The second-order valence-electron chi connectivity index (χ2n) is 5.62. The molecule has 0 aromatic heterocycles. The fourth-order valence-corrected chi connectivity index (χ4v) is 2.92. The van der Waals surface area contributed by atoms with Crippen LogP contribution in [0.4, 0.5) is 5.69 Å². The van der Waals surface area contributed by atoms with E-state index in [1.807, 2.05) is 19.2 Å². The highest BCUT2D eigenvalue weighted by Gasteiger charge is 2.20. The van der Waals surface area contributed by atoms with Gasteiger partial charge in [0.25, 0.3) is 0 Å². The van der Waals surface area contributed by atoms with Crippen molar-refractivity contribution in [3.63, 3.8) is 0 Å². The monoisotopic (exact) mass is 277 g/mol. The van der Waals surface area contributed by atoms with Crippen molar-refractivity contribution in [1.29, 1.82) is 0 Å². The highest BCUT2D eigenvalue weighted by atomic mass is 16.5. The largest absolute Gasteiger partial charge is 0.495 e. The van der Waals surface area contributed by atoms with Crippen LogP contribution in [0, 0.1) is 5.92 Å². The number of para-hydroxylation sites is 2. The number of nitrogens with one attached hydrogen (secondary N) is 1. The van der Waals surface area contributed by atoms with E-state index >= 15 is 0 Å². The van der Waals surface area contributed by atoms with Gasteiger partial charge in [-0.05, 0) is 31.6 Å². The number of nitrogens with zero attached hydrogens (tertiary/aromatic N) is 2. The molecule has 0 saturated carbocycles. The second-order valence-corrected chi connectivity index (χ2v) is 5.62. The molecule has 1 fully saturated rings. The Hall–Kier alpha value is -1.26. The van der Waals surface area contributed by atoms with Gasteiger partial charge in [-0.3, -0.25) is 4.90 Å². The maximum absolute atomic E-state index is 5.46. The summed E-state index contributed by atoms with van der Waals surface area (Å²) in [4.78, 5) is 4.99. The third kappa shape index (κ3) is 3.87. The summed E-state index contributed by atoms with van der Waals surface area (Å²) < 4.78 is 5.46. The summed E-state index contributed by atoms with van der Waals surface area (Å²) >= 11 is 0. The molecule has 1 aliphatic heterocycles. The molecule has 0 spiro atoms. The molecule has 4 nitrogen and oxygen atoms in total. The molecule has 1 N–H and O–H groups in total. The zero-order chi connectivity index (χ0) is 14.4. The molecule has 0 radical (unpaired) electrons. The molecule has 1 atom stereocenters. The Morgan fingerprint density at radius 3 is 2.55 bits per heavy atom. The number of piperazine rings is 1. The molecular formula is C16H27N3O. The maximum atomic E-state index is 5.46. The van der Waals surface area contributed by atoms with Crippen LogP contribution < -0.4 is 15.0 Å². The Kier molecular flexibility index (Phi) is 5.68. The minimum atomic E-state index is 0.706. The first-order valence-electron chi connectivity index (χ1n) is 7.49. The first-order chi connectivity index (χ1) is 9.74. The van der Waals surface area contributed by atoms with Crippen molar-refractivity contribution in [1.82, 2.24) is 10.2 Å². The molecule has 2 rings (SSSR count). The highest BCUT2D eigenvalue weighted by molar-refractivity contribution is 5.58. The predicted molar refractivity (Wildman–Crippen MR) is 84.7 cm³/mol. The van der Waals surface area contributed by atoms with Gasteiger partial charge in [-0.15, -0.1) is 0 Å². The number of hydrogen-bond acceptors (Lipinski definition) is 4. The lowest BCUT2D eigenvalue weighted by Crippen LogP contribution is -2.48. The van der Waals surface area contributed by atoms with Crippen LogP contribution in [-0.2, 0) is 0 Å². The Bertz CT molecular complexity index is 402. The molecule has 1 unspecified atom stereocenters. The Morgan fingerprint density at radius 2 is 1.90 bits per heavy atom. The van der Waals surface area contributed by atoms with Crippen LogP contribution in [0.3, 0.4) is 0 Å².